The summed E-state index contributed by atoms with van der Waals surface area (Å²) in [7, 11) is 0. The lowest BCUT2D eigenvalue weighted by atomic mass is 9.73. The molecule has 0 aromatic carbocycles. The van der Waals surface area contributed by atoms with Crippen LogP contribution in [0.4, 0.5) is 0 Å². The van der Waals surface area contributed by atoms with Crippen molar-refractivity contribution in [3.63, 3.8) is 0 Å². The molecule has 27 heavy (non-hydrogen) atoms. The molecule has 0 radical (unpaired) electrons. The van der Waals surface area contributed by atoms with Crippen LogP contribution < -0.4 is 0 Å². The minimum Gasteiger partial charge on any atom is -0.374 e. The lowest BCUT2D eigenvalue weighted by Crippen LogP contribution is -2.31. The van der Waals surface area contributed by atoms with Crippen molar-refractivity contribution in [1.82, 2.24) is 0 Å². The first kappa shape index (κ1) is 21.4. The van der Waals surface area contributed by atoms with Crippen molar-refractivity contribution in [3.8, 4) is 0 Å². The Morgan fingerprint density at radius 2 is 1.41 bits per heavy atom. The van der Waals surface area contributed by atoms with E-state index >= 15 is 0 Å². The highest BCUT2D eigenvalue weighted by Gasteiger charge is 2.30. The smallest absolute Gasteiger partial charge is 0.0756 e. The van der Waals surface area contributed by atoms with Gasteiger partial charge in [0, 0.05) is 0 Å². The Kier molecular flexibility index (Phi) is 9.23. The van der Waals surface area contributed by atoms with Gasteiger partial charge in [-0.05, 0) is 81.0 Å². The molecule has 1 nitrogen and oxygen atoms in total. The molecule has 2 unspecified atom stereocenters. The average Bonchev–Trinajstić information content (AvgIpc) is 2.74. The van der Waals surface area contributed by atoms with Crippen LogP contribution in [-0.4, -0.2) is 12.7 Å². The summed E-state index contributed by atoms with van der Waals surface area (Å²) in [5, 5.41) is 0. The van der Waals surface area contributed by atoms with Crippen molar-refractivity contribution in [3.05, 3.63) is 12.2 Å². The van der Waals surface area contributed by atoms with Crippen LogP contribution in [0.1, 0.15) is 110 Å². The van der Waals surface area contributed by atoms with Gasteiger partial charge in [-0.3, -0.25) is 0 Å². The van der Waals surface area contributed by atoms with Gasteiger partial charge in [0.2, 0.25) is 0 Å². The number of hydrogen-bond donors (Lipinski definition) is 0. The average molecular weight is 375 g/mol. The lowest BCUT2D eigenvalue weighted by molar-refractivity contribution is -0.0170. The zero-order valence-electron chi connectivity index (χ0n) is 18.3. The molecule has 1 aliphatic heterocycles. The van der Waals surface area contributed by atoms with E-state index in [4.69, 9.17) is 4.74 Å². The number of rotatable bonds is 8. The number of ether oxygens (including phenoxy) is 1. The third-order valence-electron chi connectivity index (χ3n) is 8.19. The van der Waals surface area contributed by atoms with Crippen molar-refractivity contribution in [2.45, 2.75) is 116 Å². The summed E-state index contributed by atoms with van der Waals surface area (Å²) >= 11 is 0. The normalized spacial score (nSPS) is 38.3. The monoisotopic (exact) mass is 374 g/mol. The predicted octanol–water partition coefficient (Wildman–Crippen LogP) is 7.94. The van der Waals surface area contributed by atoms with Gasteiger partial charge in [0.25, 0.3) is 0 Å². The van der Waals surface area contributed by atoms with Gasteiger partial charge in [-0.1, -0.05) is 70.9 Å². The molecule has 0 amide bonds. The van der Waals surface area contributed by atoms with Crippen molar-refractivity contribution < 1.29 is 4.74 Å². The van der Waals surface area contributed by atoms with E-state index in [0.717, 1.165) is 36.2 Å². The predicted molar refractivity (Wildman–Crippen MR) is 117 cm³/mol. The fourth-order valence-electron chi connectivity index (χ4n) is 6.02. The summed E-state index contributed by atoms with van der Waals surface area (Å²) in [5.74, 6) is 4.68. The molecule has 0 spiro atoms. The van der Waals surface area contributed by atoms with Crippen LogP contribution in [0.15, 0.2) is 12.2 Å². The molecule has 3 rings (SSSR count). The van der Waals surface area contributed by atoms with E-state index in [-0.39, 0.29) is 0 Å². The first-order valence-electron chi connectivity index (χ1n) is 12.6. The van der Waals surface area contributed by atoms with Gasteiger partial charge < -0.3 is 4.74 Å². The van der Waals surface area contributed by atoms with Crippen LogP contribution in [0.2, 0.25) is 0 Å². The summed E-state index contributed by atoms with van der Waals surface area (Å²) in [5.41, 5.74) is 0. The second-order valence-electron chi connectivity index (χ2n) is 10.1. The number of unbranched alkanes of at least 4 members (excludes halogenated alkanes) is 2. The van der Waals surface area contributed by atoms with E-state index in [1.54, 1.807) is 0 Å². The summed E-state index contributed by atoms with van der Waals surface area (Å²) in [6.07, 6.45) is 26.8. The Labute approximate surface area is 169 Å². The highest BCUT2D eigenvalue weighted by atomic mass is 16.5. The van der Waals surface area contributed by atoms with Crippen molar-refractivity contribution in [2.75, 3.05) is 6.61 Å². The highest BCUT2D eigenvalue weighted by molar-refractivity contribution is 4.97. The SMILES string of the molecule is CCCCCC1CCC(C2CCC(/C=C/C3CCC(CC)CC3)OC2)CC1. The number of hydrogen-bond acceptors (Lipinski definition) is 1. The molecule has 3 fully saturated rings. The quantitative estimate of drug-likeness (QED) is 0.309. The minimum absolute atomic E-state index is 0.413. The van der Waals surface area contributed by atoms with Crippen LogP contribution in [0, 0.1) is 29.6 Å². The molecule has 3 aliphatic rings. The Morgan fingerprint density at radius 1 is 0.704 bits per heavy atom. The van der Waals surface area contributed by atoms with Crippen molar-refractivity contribution >= 4 is 0 Å². The lowest BCUT2D eigenvalue weighted by Gasteiger charge is -2.37. The molecule has 0 aromatic heterocycles. The second kappa shape index (κ2) is 11.6. The van der Waals surface area contributed by atoms with E-state index in [1.165, 1.54) is 96.3 Å². The molecule has 0 N–H and O–H groups in total. The molecule has 1 saturated heterocycles. The highest BCUT2D eigenvalue weighted by Crippen LogP contribution is 2.39. The summed E-state index contributed by atoms with van der Waals surface area (Å²) in [4.78, 5) is 0. The van der Waals surface area contributed by atoms with Gasteiger partial charge in [-0.15, -0.1) is 0 Å². The largest absolute Gasteiger partial charge is 0.374 e. The Bertz CT molecular complexity index is 404. The second-order valence-corrected chi connectivity index (χ2v) is 10.1. The van der Waals surface area contributed by atoms with E-state index in [9.17, 15) is 0 Å². The van der Waals surface area contributed by atoms with E-state index in [2.05, 4.69) is 26.0 Å². The molecule has 1 heterocycles. The molecule has 2 saturated carbocycles. The summed E-state index contributed by atoms with van der Waals surface area (Å²) < 4.78 is 6.30. The minimum atomic E-state index is 0.413. The molecule has 2 atom stereocenters. The molecule has 1 heteroatoms. The maximum absolute atomic E-state index is 6.30. The van der Waals surface area contributed by atoms with E-state index in [0.29, 0.717) is 6.10 Å². The molecule has 156 valence electrons. The summed E-state index contributed by atoms with van der Waals surface area (Å²) in [6.45, 7) is 5.70. The first-order chi connectivity index (χ1) is 13.3. The van der Waals surface area contributed by atoms with Crippen molar-refractivity contribution in [1.29, 1.82) is 0 Å². The van der Waals surface area contributed by atoms with Gasteiger partial charge in [-0.25, -0.2) is 0 Å². The maximum atomic E-state index is 6.30. The van der Waals surface area contributed by atoms with Gasteiger partial charge in [0.05, 0.1) is 12.7 Å². The molecule has 0 aromatic rings. The Hall–Kier alpha value is -0.300. The maximum Gasteiger partial charge on any atom is 0.0756 e. The number of allylic oxidation sites excluding steroid dienone is 1. The Balaban J connectivity index is 1.31. The van der Waals surface area contributed by atoms with Gasteiger partial charge in [-0.2, -0.15) is 0 Å². The third kappa shape index (κ3) is 6.91. The van der Waals surface area contributed by atoms with E-state index in [1.807, 2.05) is 0 Å². The van der Waals surface area contributed by atoms with E-state index < -0.39 is 0 Å². The zero-order valence-corrected chi connectivity index (χ0v) is 18.3. The van der Waals surface area contributed by atoms with Crippen LogP contribution in [0.25, 0.3) is 0 Å². The van der Waals surface area contributed by atoms with Crippen LogP contribution in [-0.2, 0) is 4.74 Å². The van der Waals surface area contributed by atoms with Crippen LogP contribution in [0.3, 0.4) is 0 Å². The van der Waals surface area contributed by atoms with Crippen LogP contribution >= 0.6 is 0 Å². The standard InChI is InChI=1S/C26H46O/c1-3-5-6-7-22-12-15-24(16-13-22)25-17-19-26(27-20-25)18-14-23-10-8-21(4-2)9-11-23/h14,18,21-26H,3-13,15-17,19-20H2,1-2H3/b18-14+. The molecular weight excluding hydrogens is 328 g/mol. The Morgan fingerprint density at radius 3 is 2.04 bits per heavy atom. The third-order valence-corrected chi connectivity index (χ3v) is 8.19. The molecule has 2 aliphatic carbocycles. The molecular formula is C26H46O. The zero-order chi connectivity index (χ0) is 18.9. The fraction of sp³-hybridized carbons (Fsp3) is 0.923. The first-order valence-corrected chi connectivity index (χ1v) is 12.6. The fourth-order valence-corrected chi connectivity index (χ4v) is 6.02. The van der Waals surface area contributed by atoms with Gasteiger partial charge in [0.1, 0.15) is 0 Å². The van der Waals surface area contributed by atoms with Gasteiger partial charge >= 0.3 is 0 Å². The van der Waals surface area contributed by atoms with Crippen LogP contribution in [0.5, 0.6) is 0 Å². The molecule has 0 bridgehead atoms. The van der Waals surface area contributed by atoms with Gasteiger partial charge in [0.15, 0.2) is 0 Å². The topological polar surface area (TPSA) is 9.23 Å². The summed E-state index contributed by atoms with van der Waals surface area (Å²) in [6, 6.07) is 0. The van der Waals surface area contributed by atoms with Crippen molar-refractivity contribution in [2.24, 2.45) is 29.6 Å².